The molecule has 3 saturated heterocycles. The minimum Gasteiger partial charge on any atom is -0.452 e. The second-order valence-electron chi connectivity index (χ2n) is 10.4. The third-order valence-electron chi connectivity index (χ3n) is 7.06. The van der Waals surface area contributed by atoms with Gasteiger partial charge in [0.15, 0.2) is 0 Å². The zero-order valence-corrected chi connectivity index (χ0v) is 25.1. The fourth-order valence-electron chi connectivity index (χ4n) is 4.87. The van der Waals surface area contributed by atoms with Gasteiger partial charge in [-0.25, -0.2) is 18.7 Å². The molecule has 2 aromatic rings. The summed E-state index contributed by atoms with van der Waals surface area (Å²) in [5.41, 5.74) is -0.939. The lowest BCUT2D eigenvalue weighted by atomic mass is 9.96. The number of ether oxygens (including phenoxy) is 4. The topological polar surface area (TPSA) is 142 Å². The van der Waals surface area contributed by atoms with E-state index < -0.39 is 69.7 Å². The molecule has 0 N–H and O–H groups in total. The molecule has 0 aromatic heterocycles. The van der Waals surface area contributed by atoms with Crippen LogP contribution in [0.15, 0.2) is 60.7 Å². The van der Waals surface area contributed by atoms with E-state index >= 15 is 0 Å². The van der Waals surface area contributed by atoms with Gasteiger partial charge < -0.3 is 18.9 Å². The van der Waals surface area contributed by atoms with Crippen molar-refractivity contribution in [2.24, 2.45) is 0 Å². The number of carbonyl (C=O) groups is 2. The van der Waals surface area contributed by atoms with E-state index in [9.17, 15) is 18.7 Å². The molecule has 0 saturated carbocycles. The van der Waals surface area contributed by atoms with Crippen molar-refractivity contribution >= 4 is 34.5 Å². The number of carbonyl (C=O) groups excluding carboxylic acids is 2. The van der Waals surface area contributed by atoms with Crippen LogP contribution in [0.1, 0.15) is 30.9 Å². The summed E-state index contributed by atoms with van der Waals surface area (Å²) in [6.45, 7) is 0.650. The maximum Gasteiger partial charge on any atom is 0.438 e. The lowest BCUT2D eigenvalue weighted by Crippen LogP contribution is -2.31. The summed E-state index contributed by atoms with van der Waals surface area (Å²) in [4.78, 5) is 26.2. The SMILES string of the molecule is B[C@H]1C[C@@H]2OP(=O)(C(=O)OCc3ccccc3)OC[C@@H]3C[C@@H](OP(=O)(C(=O)OCc4ccccc4)OC[C@H]2O1)[C@H](C)O3. The summed E-state index contributed by atoms with van der Waals surface area (Å²) in [5, 5.41) is 0. The van der Waals surface area contributed by atoms with Gasteiger partial charge in [-0.3, -0.25) is 18.1 Å². The molecule has 0 spiro atoms. The second-order valence-corrected chi connectivity index (χ2v) is 14.0. The molecule has 3 fully saturated rings. The number of rotatable bonds is 6. The number of hydrogen-bond donors (Lipinski definition) is 0. The average molecular weight is 622 g/mol. The first-order valence-electron chi connectivity index (χ1n) is 13.7. The third kappa shape index (κ3) is 7.59. The summed E-state index contributed by atoms with van der Waals surface area (Å²) in [6.07, 6.45) is -3.80. The van der Waals surface area contributed by atoms with Gasteiger partial charge in [-0.05, 0) is 24.5 Å². The van der Waals surface area contributed by atoms with Crippen LogP contribution in [0.4, 0.5) is 9.59 Å². The molecule has 12 nitrogen and oxygen atoms in total. The summed E-state index contributed by atoms with van der Waals surface area (Å²) in [7, 11) is -7.31. The van der Waals surface area contributed by atoms with Gasteiger partial charge in [0, 0.05) is 12.4 Å². The Morgan fingerprint density at radius 2 is 1.29 bits per heavy atom. The summed E-state index contributed by atoms with van der Waals surface area (Å²) in [6, 6.07) is 17.4. The lowest BCUT2D eigenvalue weighted by Gasteiger charge is -2.26. The Morgan fingerprint density at radius 1 is 0.762 bits per heavy atom. The van der Waals surface area contributed by atoms with Crippen molar-refractivity contribution in [1.29, 1.82) is 0 Å². The predicted octanol–water partition coefficient (Wildman–Crippen LogP) is 4.79. The van der Waals surface area contributed by atoms with E-state index in [4.69, 9.17) is 37.0 Å². The van der Waals surface area contributed by atoms with Gasteiger partial charge in [0.1, 0.15) is 27.2 Å². The number of hydrogen-bond acceptors (Lipinski definition) is 12. The maximum atomic E-state index is 13.9. The van der Waals surface area contributed by atoms with Crippen molar-refractivity contribution in [3.05, 3.63) is 71.8 Å². The van der Waals surface area contributed by atoms with E-state index in [0.717, 1.165) is 0 Å². The fraction of sp³-hybridized carbons (Fsp3) is 0.481. The van der Waals surface area contributed by atoms with Crippen molar-refractivity contribution in [1.82, 2.24) is 0 Å². The molecule has 3 heterocycles. The Bertz CT molecular complexity index is 1270. The number of benzene rings is 2. The van der Waals surface area contributed by atoms with Gasteiger partial charge in [0.05, 0.1) is 37.6 Å². The van der Waals surface area contributed by atoms with Crippen LogP contribution in [-0.2, 0) is 59.4 Å². The molecule has 3 aliphatic rings. The highest BCUT2D eigenvalue weighted by molar-refractivity contribution is 7.71. The smallest absolute Gasteiger partial charge is 0.438 e. The molecule has 3 aliphatic heterocycles. The van der Waals surface area contributed by atoms with Gasteiger partial charge in [0.25, 0.3) is 0 Å². The molecule has 226 valence electrons. The van der Waals surface area contributed by atoms with Gasteiger partial charge >= 0.3 is 26.6 Å². The van der Waals surface area contributed by atoms with E-state index in [-0.39, 0.29) is 32.7 Å². The highest BCUT2D eigenvalue weighted by Crippen LogP contribution is 2.57. The Morgan fingerprint density at radius 3 is 1.86 bits per heavy atom. The van der Waals surface area contributed by atoms with Crippen LogP contribution in [0.25, 0.3) is 0 Å². The first kappa shape index (κ1) is 31.1. The van der Waals surface area contributed by atoms with Crippen molar-refractivity contribution in [3.8, 4) is 0 Å². The average Bonchev–Trinajstić information content (AvgIpc) is 3.52. The molecule has 2 aromatic carbocycles. The lowest BCUT2D eigenvalue weighted by molar-refractivity contribution is -0.0195. The van der Waals surface area contributed by atoms with E-state index in [1.165, 1.54) is 0 Å². The highest BCUT2D eigenvalue weighted by Gasteiger charge is 2.50. The van der Waals surface area contributed by atoms with Crippen molar-refractivity contribution in [2.75, 3.05) is 13.2 Å². The van der Waals surface area contributed by atoms with Crippen molar-refractivity contribution < 1.29 is 55.8 Å². The van der Waals surface area contributed by atoms with Crippen LogP contribution in [0.3, 0.4) is 0 Å². The van der Waals surface area contributed by atoms with E-state index in [1.807, 2.05) is 12.1 Å². The Labute approximate surface area is 244 Å². The van der Waals surface area contributed by atoms with Gasteiger partial charge in [-0.2, -0.15) is 0 Å². The zero-order valence-electron chi connectivity index (χ0n) is 23.3. The van der Waals surface area contributed by atoms with Gasteiger partial charge in [-0.1, -0.05) is 60.7 Å². The van der Waals surface area contributed by atoms with Crippen LogP contribution in [0.5, 0.6) is 0 Å². The van der Waals surface area contributed by atoms with Crippen LogP contribution >= 0.6 is 15.2 Å². The maximum absolute atomic E-state index is 13.9. The fourth-order valence-corrected chi connectivity index (χ4v) is 7.72. The standard InChI is InChI=1S/C27H33BO12P2/c1-18-22-12-21(37-18)16-35-41(31,26(29)33-14-19-8-4-2-5-9-19)40-23-13-25(28)38-24(23)17-36-42(32,39-22)27(30)34-15-20-10-6-3-7-11-20/h2-11,18,21-25H,12-17,28H2,1H3/t18-,21-,22+,23-,24+,25+,41?,42?/m0/s1. The monoisotopic (exact) mass is 622 g/mol. The molecule has 0 aliphatic carbocycles. The Kier molecular flexibility index (Phi) is 10.0. The summed E-state index contributed by atoms with van der Waals surface area (Å²) < 4.78 is 73.0. The third-order valence-corrected chi connectivity index (χ3v) is 10.3. The molecule has 5 rings (SSSR count). The van der Waals surface area contributed by atoms with E-state index in [2.05, 4.69) is 0 Å². The van der Waals surface area contributed by atoms with Crippen LogP contribution < -0.4 is 0 Å². The van der Waals surface area contributed by atoms with E-state index in [0.29, 0.717) is 11.1 Å². The van der Waals surface area contributed by atoms with Gasteiger partial charge in [-0.15, -0.1) is 0 Å². The Hall–Kier alpha value is -2.34. The molecule has 0 amide bonds. The van der Waals surface area contributed by atoms with Crippen molar-refractivity contribution in [2.45, 2.75) is 69.5 Å². The molecular weight excluding hydrogens is 589 g/mol. The summed E-state index contributed by atoms with van der Waals surface area (Å²) >= 11 is 0. The highest BCUT2D eigenvalue weighted by atomic mass is 31.2. The first-order chi connectivity index (χ1) is 20.1. The molecular formula is C27H33BO12P2. The zero-order chi connectivity index (χ0) is 29.7. The van der Waals surface area contributed by atoms with Crippen molar-refractivity contribution in [3.63, 3.8) is 0 Å². The minimum atomic E-state index is -4.53. The minimum absolute atomic E-state index is 0.111. The van der Waals surface area contributed by atoms with Crippen LogP contribution in [0.2, 0.25) is 0 Å². The van der Waals surface area contributed by atoms with Crippen LogP contribution in [-0.4, -0.2) is 69.0 Å². The normalized spacial score (nSPS) is 35.2. The Balaban J connectivity index is 1.35. The predicted molar refractivity (Wildman–Crippen MR) is 151 cm³/mol. The number of fused-ring (bicyclic) bond motifs is 3. The quantitative estimate of drug-likeness (QED) is 0.323. The van der Waals surface area contributed by atoms with Gasteiger partial charge in [0.2, 0.25) is 0 Å². The van der Waals surface area contributed by atoms with Crippen LogP contribution in [0, 0.1) is 0 Å². The van der Waals surface area contributed by atoms with E-state index in [1.54, 1.807) is 63.3 Å². The largest absolute Gasteiger partial charge is 0.452 e. The molecule has 2 unspecified atom stereocenters. The first-order valence-corrected chi connectivity index (χ1v) is 16.8. The molecule has 8 atom stereocenters. The molecule has 42 heavy (non-hydrogen) atoms. The second kappa shape index (κ2) is 13.5. The molecule has 2 bridgehead atoms. The molecule has 15 heteroatoms. The molecule has 0 radical (unpaired) electrons. The summed E-state index contributed by atoms with van der Waals surface area (Å²) in [5.74, 6) is 0.